The number of aryl methyl sites for hydroxylation is 1. The van der Waals surface area contributed by atoms with E-state index in [1.807, 2.05) is 0 Å². The van der Waals surface area contributed by atoms with Crippen molar-refractivity contribution in [1.82, 2.24) is 4.98 Å². The summed E-state index contributed by atoms with van der Waals surface area (Å²) in [7, 11) is 0. The summed E-state index contributed by atoms with van der Waals surface area (Å²) in [6.45, 7) is 1.49. The zero-order valence-electron chi connectivity index (χ0n) is 16.7. The smallest absolute Gasteiger partial charge is 0.341 e. The number of nitrogens with one attached hydrogen (secondary N) is 1. The molecule has 30 heavy (non-hydrogen) atoms. The SMILES string of the molecule is CCOC(=O)c1c(NC(=O)COC(=O)c2cccnc2Cl)sc2c1CCCCCC2. The van der Waals surface area contributed by atoms with Gasteiger partial charge in [0.15, 0.2) is 6.61 Å². The number of anilines is 1. The molecule has 9 heteroatoms. The normalized spacial score (nSPS) is 13.5. The van der Waals surface area contributed by atoms with Gasteiger partial charge < -0.3 is 14.8 Å². The van der Waals surface area contributed by atoms with E-state index in [4.69, 9.17) is 21.1 Å². The minimum absolute atomic E-state index is 0.00516. The van der Waals surface area contributed by atoms with Gasteiger partial charge in [-0.15, -0.1) is 11.3 Å². The van der Waals surface area contributed by atoms with Gasteiger partial charge in [0, 0.05) is 11.1 Å². The summed E-state index contributed by atoms with van der Waals surface area (Å²) in [5.74, 6) is -1.72. The lowest BCUT2D eigenvalue weighted by molar-refractivity contribution is -0.119. The van der Waals surface area contributed by atoms with E-state index < -0.39 is 24.5 Å². The Kier molecular flexibility index (Phi) is 7.81. The lowest BCUT2D eigenvalue weighted by Crippen LogP contribution is -2.22. The van der Waals surface area contributed by atoms with Gasteiger partial charge in [-0.1, -0.05) is 24.4 Å². The largest absolute Gasteiger partial charge is 0.462 e. The second kappa shape index (κ2) is 10.5. The van der Waals surface area contributed by atoms with E-state index in [-0.39, 0.29) is 17.3 Å². The highest BCUT2D eigenvalue weighted by Gasteiger charge is 2.26. The number of pyridine rings is 1. The molecule has 1 N–H and O–H groups in total. The summed E-state index contributed by atoms with van der Waals surface area (Å²) in [5.41, 5.74) is 1.47. The van der Waals surface area contributed by atoms with Crippen molar-refractivity contribution in [3.63, 3.8) is 0 Å². The standard InChI is InChI=1S/C21H23ClN2O5S/c1-2-28-21(27)17-13-8-5-3-4-6-10-15(13)30-19(17)24-16(25)12-29-20(26)14-9-7-11-23-18(14)22/h7,9,11H,2-6,8,10,12H2,1H3,(H,24,25). The summed E-state index contributed by atoms with van der Waals surface area (Å²) >= 11 is 7.27. The van der Waals surface area contributed by atoms with Crippen LogP contribution in [0.2, 0.25) is 5.15 Å². The first-order valence-corrected chi connectivity index (χ1v) is 11.1. The third-order valence-electron chi connectivity index (χ3n) is 4.72. The zero-order valence-corrected chi connectivity index (χ0v) is 18.2. The molecule has 0 atom stereocenters. The molecule has 160 valence electrons. The van der Waals surface area contributed by atoms with Gasteiger partial charge in [0.1, 0.15) is 10.2 Å². The number of hydrogen-bond acceptors (Lipinski definition) is 7. The van der Waals surface area contributed by atoms with Gasteiger partial charge in [-0.2, -0.15) is 0 Å². The predicted octanol–water partition coefficient (Wildman–Crippen LogP) is 4.43. The number of amides is 1. The Morgan fingerprint density at radius 1 is 1.13 bits per heavy atom. The van der Waals surface area contributed by atoms with Crippen LogP contribution in [-0.2, 0) is 27.1 Å². The molecule has 2 heterocycles. The van der Waals surface area contributed by atoms with Crippen molar-refractivity contribution in [3.05, 3.63) is 45.1 Å². The fourth-order valence-corrected chi connectivity index (χ4v) is 4.83. The van der Waals surface area contributed by atoms with Crippen molar-refractivity contribution < 1.29 is 23.9 Å². The molecular weight excluding hydrogens is 428 g/mol. The van der Waals surface area contributed by atoms with Crippen LogP contribution >= 0.6 is 22.9 Å². The predicted molar refractivity (Wildman–Crippen MR) is 114 cm³/mol. The summed E-state index contributed by atoms with van der Waals surface area (Å²) in [4.78, 5) is 42.1. The highest BCUT2D eigenvalue weighted by molar-refractivity contribution is 7.17. The zero-order chi connectivity index (χ0) is 21.5. The Hall–Kier alpha value is -2.45. The average Bonchev–Trinajstić information content (AvgIpc) is 3.02. The Labute approximate surface area is 183 Å². The number of nitrogens with zero attached hydrogens (tertiary/aromatic N) is 1. The highest BCUT2D eigenvalue weighted by atomic mass is 35.5. The van der Waals surface area contributed by atoms with Crippen LogP contribution in [0.15, 0.2) is 18.3 Å². The number of carbonyl (C=O) groups is 3. The van der Waals surface area contributed by atoms with Crippen LogP contribution in [0.5, 0.6) is 0 Å². The maximum absolute atomic E-state index is 12.6. The summed E-state index contributed by atoms with van der Waals surface area (Å²) in [6.07, 6.45) is 7.42. The Balaban J connectivity index is 1.73. The van der Waals surface area contributed by atoms with E-state index in [2.05, 4.69) is 10.3 Å². The number of esters is 2. The van der Waals surface area contributed by atoms with E-state index in [9.17, 15) is 14.4 Å². The molecule has 0 fully saturated rings. The summed E-state index contributed by atoms with van der Waals surface area (Å²) < 4.78 is 10.3. The van der Waals surface area contributed by atoms with Crippen molar-refractivity contribution in [2.45, 2.75) is 45.4 Å². The molecule has 7 nitrogen and oxygen atoms in total. The van der Waals surface area contributed by atoms with Crippen molar-refractivity contribution in [2.75, 3.05) is 18.5 Å². The van der Waals surface area contributed by atoms with Crippen LogP contribution in [0.1, 0.15) is 63.8 Å². The lowest BCUT2D eigenvalue weighted by atomic mass is 9.96. The van der Waals surface area contributed by atoms with E-state index in [0.29, 0.717) is 10.6 Å². The fourth-order valence-electron chi connectivity index (χ4n) is 3.34. The van der Waals surface area contributed by atoms with Crippen LogP contribution in [0.3, 0.4) is 0 Å². The first-order chi connectivity index (χ1) is 14.5. The van der Waals surface area contributed by atoms with Gasteiger partial charge in [-0.25, -0.2) is 14.6 Å². The Morgan fingerprint density at radius 3 is 2.63 bits per heavy atom. The molecule has 1 aliphatic rings. The van der Waals surface area contributed by atoms with Crippen molar-refractivity contribution in [1.29, 1.82) is 0 Å². The van der Waals surface area contributed by atoms with E-state index in [0.717, 1.165) is 49.0 Å². The Bertz CT molecular complexity index is 943. The molecule has 3 rings (SSSR count). The number of rotatable bonds is 6. The van der Waals surface area contributed by atoms with E-state index in [1.165, 1.54) is 23.6 Å². The average molecular weight is 451 g/mol. The van der Waals surface area contributed by atoms with Crippen molar-refractivity contribution in [3.8, 4) is 0 Å². The molecule has 0 aromatic carbocycles. The van der Waals surface area contributed by atoms with Gasteiger partial charge in [-0.05, 0) is 50.3 Å². The molecule has 1 aliphatic carbocycles. The van der Waals surface area contributed by atoms with Gasteiger partial charge >= 0.3 is 11.9 Å². The fraction of sp³-hybridized carbons (Fsp3) is 0.429. The number of halogens is 1. The van der Waals surface area contributed by atoms with Crippen molar-refractivity contribution >= 4 is 45.8 Å². The van der Waals surface area contributed by atoms with Crippen LogP contribution in [0, 0.1) is 0 Å². The molecule has 1 amide bonds. The molecule has 0 aliphatic heterocycles. The second-order valence-electron chi connectivity index (χ2n) is 6.81. The number of ether oxygens (including phenoxy) is 2. The molecule has 0 saturated heterocycles. The monoisotopic (exact) mass is 450 g/mol. The number of carbonyl (C=O) groups excluding carboxylic acids is 3. The van der Waals surface area contributed by atoms with Crippen LogP contribution in [0.25, 0.3) is 0 Å². The van der Waals surface area contributed by atoms with Crippen LogP contribution < -0.4 is 5.32 Å². The minimum atomic E-state index is -0.743. The second-order valence-corrected chi connectivity index (χ2v) is 8.27. The molecule has 0 unspecified atom stereocenters. The van der Waals surface area contributed by atoms with Crippen molar-refractivity contribution in [2.24, 2.45) is 0 Å². The number of thiophene rings is 1. The summed E-state index contributed by atoms with van der Waals surface area (Å²) in [6, 6.07) is 3.02. The Morgan fingerprint density at radius 2 is 1.90 bits per heavy atom. The van der Waals surface area contributed by atoms with E-state index in [1.54, 1.807) is 13.0 Å². The highest BCUT2D eigenvalue weighted by Crippen LogP contribution is 2.37. The lowest BCUT2D eigenvalue weighted by Gasteiger charge is -2.11. The molecule has 0 spiro atoms. The number of aromatic nitrogens is 1. The maximum atomic E-state index is 12.6. The maximum Gasteiger partial charge on any atom is 0.341 e. The third-order valence-corrected chi connectivity index (χ3v) is 6.23. The van der Waals surface area contributed by atoms with E-state index >= 15 is 0 Å². The third kappa shape index (κ3) is 5.37. The summed E-state index contributed by atoms with van der Waals surface area (Å²) in [5, 5.41) is 3.17. The van der Waals surface area contributed by atoms with Crippen LogP contribution in [0.4, 0.5) is 5.00 Å². The molecule has 0 bridgehead atoms. The van der Waals surface area contributed by atoms with Gasteiger partial charge in [0.2, 0.25) is 0 Å². The van der Waals surface area contributed by atoms with Gasteiger partial charge in [-0.3, -0.25) is 4.79 Å². The molecule has 0 radical (unpaired) electrons. The number of hydrogen-bond donors (Lipinski definition) is 1. The quantitative estimate of drug-likeness (QED) is 0.516. The molecular formula is C21H23ClN2O5S. The molecule has 2 aromatic rings. The van der Waals surface area contributed by atoms with Gasteiger partial charge in [0.25, 0.3) is 5.91 Å². The molecule has 2 aromatic heterocycles. The van der Waals surface area contributed by atoms with Crippen LogP contribution in [-0.4, -0.2) is 36.0 Å². The minimum Gasteiger partial charge on any atom is -0.462 e. The molecule has 0 saturated carbocycles. The first-order valence-electron chi connectivity index (χ1n) is 9.90. The number of fused-ring (bicyclic) bond motifs is 1. The first kappa shape index (κ1) is 22.2. The topological polar surface area (TPSA) is 94.6 Å². The van der Waals surface area contributed by atoms with Gasteiger partial charge in [0.05, 0.1) is 17.7 Å².